The molecule has 0 radical (unpaired) electrons. The Balaban J connectivity index is 2.18. The monoisotopic (exact) mass is 501 g/mol. The van der Waals surface area contributed by atoms with Gasteiger partial charge in [0, 0.05) is 16.8 Å². The van der Waals surface area contributed by atoms with E-state index in [2.05, 4.69) is 149 Å². The van der Waals surface area contributed by atoms with Gasteiger partial charge in [0.1, 0.15) is 0 Å². The predicted octanol–water partition coefficient (Wildman–Crippen LogP) is 10.6. The SMILES string of the molecule is C=C/C=C(\C(C)N(C(/C=C\CCC)=C/C(=C)C(=C)C)c1ccc(-c2ccccc2)cc1)C1(C)C=CC=CC1. The highest BCUT2D eigenvalue weighted by molar-refractivity contribution is 5.68. The Morgan fingerprint density at radius 3 is 2.29 bits per heavy atom. The first-order valence-electron chi connectivity index (χ1n) is 13.7. The van der Waals surface area contributed by atoms with Gasteiger partial charge in [0.05, 0.1) is 6.04 Å². The molecule has 1 aliphatic rings. The van der Waals surface area contributed by atoms with E-state index in [1.165, 1.54) is 16.7 Å². The summed E-state index contributed by atoms with van der Waals surface area (Å²) < 4.78 is 0. The summed E-state index contributed by atoms with van der Waals surface area (Å²) in [6, 6.07) is 19.5. The molecule has 2 atom stereocenters. The van der Waals surface area contributed by atoms with Gasteiger partial charge in [-0.2, -0.15) is 0 Å². The van der Waals surface area contributed by atoms with Gasteiger partial charge in [0.2, 0.25) is 0 Å². The fourth-order valence-electron chi connectivity index (χ4n) is 4.93. The third kappa shape index (κ3) is 7.13. The van der Waals surface area contributed by atoms with Crippen molar-refractivity contribution in [1.29, 1.82) is 0 Å². The summed E-state index contributed by atoms with van der Waals surface area (Å²) in [6.45, 7) is 21.4. The molecule has 0 heterocycles. The molecule has 0 N–H and O–H groups in total. The smallest absolute Gasteiger partial charge is 0.0534 e. The molecule has 1 heteroatoms. The molecule has 0 spiro atoms. The third-order valence-corrected chi connectivity index (χ3v) is 7.19. The fraction of sp³-hybridized carbons (Fsp3) is 0.243. The lowest BCUT2D eigenvalue weighted by Crippen LogP contribution is -2.38. The zero-order valence-electron chi connectivity index (χ0n) is 23.7. The van der Waals surface area contributed by atoms with E-state index >= 15 is 0 Å². The summed E-state index contributed by atoms with van der Waals surface area (Å²) in [5.74, 6) is 0. The lowest BCUT2D eigenvalue weighted by atomic mass is 9.73. The second-order valence-corrected chi connectivity index (χ2v) is 10.3. The van der Waals surface area contributed by atoms with Crippen LogP contribution in [0.4, 0.5) is 5.69 Å². The van der Waals surface area contributed by atoms with Crippen LogP contribution in [0.5, 0.6) is 0 Å². The molecule has 196 valence electrons. The molecule has 0 saturated heterocycles. The number of rotatable bonds is 12. The van der Waals surface area contributed by atoms with Gasteiger partial charge in [-0.25, -0.2) is 0 Å². The van der Waals surface area contributed by atoms with Crippen molar-refractivity contribution >= 4 is 5.69 Å². The number of benzene rings is 2. The first-order chi connectivity index (χ1) is 18.3. The molecule has 2 unspecified atom stereocenters. The van der Waals surface area contributed by atoms with Crippen molar-refractivity contribution in [2.45, 2.75) is 53.0 Å². The van der Waals surface area contributed by atoms with Crippen LogP contribution in [0.1, 0.15) is 47.0 Å². The highest BCUT2D eigenvalue weighted by atomic mass is 15.2. The second kappa shape index (κ2) is 13.6. The van der Waals surface area contributed by atoms with E-state index in [-0.39, 0.29) is 11.5 Å². The standard InChI is InChI=1S/C37H43N/c1-8-10-13-21-35(28-30(5)29(3)4)38(31(6)36(18-9-2)37(7)26-16-12-17-27-37)34-24-22-33(23-25-34)32-19-14-11-15-20-32/h9,11-26,28,31H,2-3,5,8,10,27H2,1,4,6-7H3/b21-13-,35-28+,36-18+. The largest absolute Gasteiger partial charge is 0.334 e. The Morgan fingerprint density at radius 2 is 1.71 bits per heavy atom. The number of unbranched alkanes of at least 4 members (excludes halogenated alkanes) is 1. The van der Waals surface area contributed by atoms with E-state index < -0.39 is 0 Å². The molecule has 2 aromatic carbocycles. The molecule has 38 heavy (non-hydrogen) atoms. The minimum atomic E-state index is -0.103. The Hall–Kier alpha value is -3.84. The van der Waals surface area contributed by atoms with Gasteiger partial charge in [-0.1, -0.05) is 131 Å². The van der Waals surface area contributed by atoms with Gasteiger partial charge in [-0.15, -0.1) is 0 Å². The maximum atomic E-state index is 4.31. The number of hydrogen-bond donors (Lipinski definition) is 0. The van der Waals surface area contributed by atoms with E-state index in [0.717, 1.165) is 41.8 Å². The Labute approximate surface area is 231 Å². The van der Waals surface area contributed by atoms with Crippen molar-refractivity contribution in [3.05, 3.63) is 151 Å². The van der Waals surface area contributed by atoms with Gasteiger partial charge in [-0.05, 0) is 73.2 Å². The molecule has 0 aliphatic heterocycles. The van der Waals surface area contributed by atoms with Crippen LogP contribution < -0.4 is 4.90 Å². The van der Waals surface area contributed by atoms with Crippen LogP contribution in [0.25, 0.3) is 11.1 Å². The average molecular weight is 502 g/mol. The number of allylic oxidation sites excluding steroid dienone is 11. The minimum absolute atomic E-state index is 0.0622. The van der Waals surface area contributed by atoms with Crippen LogP contribution in [0.2, 0.25) is 0 Å². The fourth-order valence-corrected chi connectivity index (χ4v) is 4.93. The molecule has 0 saturated carbocycles. The van der Waals surface area contributed by atoms with Gasteiger partial charge in [0.15, 0.2) is 0 Å². The summed E-state index contributed by atoms with van der Waals surface area (Å²) >= 11 is 0. The molecule has 2 aromatic rings. The van der Waals surface area contributed by atoms with Crippen LogP contribution >= 0.6 is 0 Å². The molecule has 0 bridgehead atoms. The molecule has 0 amide bonds. The summed E-state index contributed by atoms with van der Waals surface area (Å²) in [7, 11) is 0. The van der Waals surface area contributed by atoms with Crippen molar-refractivity contribution in [2.24, 2.45) is 5.41 Å². The van der Waals surface area contributed by atoms with E-state index in [0.29, 0.717) is 0 Å². The zero-order chi connectivity index (χ0) is 27.5. The van der Waals surface area contributed by atoms with Gasteiger partial charge in [-0.3, -0.25) is 0 Å². The second-order valence-electron chi connectivity index (χ2n) is 10.3. The van der Waals surface area contributed by atoms with Crippen molar-refractivity contribution < 1.29 is 0 Å². The van der Waals surface area contributed by atoms with Crippen LogP contribution in [0, 0.1) is 5.41 Å². The van der Waals surface area contributed by atoms with Crippen LogP contribution in [-0.2, 0) is 0 Å². The number of nitrogens with zero attached hydrogens (tertiary/aromatic N) is 1. The Morgan fingerprint density at radius 1 is 1.03 bits per heavy atom. The molecule has 0 fully saturated rings. The van der Waals surface area contributed by atoms with Crippen LogP contribution in [0.3, 0.4) is 0 Å². The minimum Gasteiger partial charge on any atom is -0.334 e. The first kappa shape index (κ1) is 28.7. The summed E-state index contributed by atoms with van der Waals surface area (Å²) in [4.78, 5) is 2.43. The van der Waals surface area contributed by atoms with Crippen molar-refractivity contribution in [3.8, 4) is 11.1 Å². The predicted molar refractivity (Wildman–Crippen MR) is 169 cm³/mol. The Kier molecular flexibility index (Phi) is 10.3. The lowest BCUT2D eigenvalue weighted by Gasteiger charge is -2.41. The third-order valence-electron chi connectivity index (χ3n) is 7.19. The van der Waals surface area contributed by atoms with Crippen molar-refractivity contribution in [2.75, 3.05) is 4.90 Å². The topological polar surface area (TPSA) is 3.24 Å². The molecular formula is C37H43N. The van der Waals surface area contributed by atoms with Gasteiger partial charge in [0.25, 0.3) is 0 Å². The van der Waals surface area contributed by atoms with Gasteiger partial charge < -0.3 is 4.90 Å². The quantitative estimate of drug-likeness (QED) is 0.261. The first-order valence-corrected chi connectivity index (χ1v) is 13.7. The molecule has 0 aromatic heterocycles. The highest BCUT2D eigenvalue weighted by Gasteiger charge is 2.33. The normalized spacial score (nSPS) is 18.4. The molecular weight excluding hydrogens is 458 g/mol. The Bertz CT molecular complexity index is 1260. The molecule has 1 aliphatic carbocycles. The van der Waals surface area contributed by atoms with Crippen LogP contribution in [0.15, 0.2) is 151 Å². The summed E-state index contributed by atoms with van der Waals surface area (Å²) in [5.41, 5.74) is 7.76. The van der Waals surface area contributed by atoms with E-state index in [1.54, 1.807) is 0 Å². The molecule has 3 rings (SSSR count). The zero-order valence-corrected chi connectivity index (χ0v) is 23.7. The lowest BCUT2D eigenvalue weighted by molar-refractivity contribution is 0.478. The maximum absolute atomic E-state index is 4.31. The van der Waals surface area contributed by atoms with E-state index in [9.17, 15) is 0 Å². The van der Waals surface area contributed by atoms with Crippen molar-refractivity contribution in [1.82, 2.24) is 0 Å². The van der Waals surface area contributed by atoms with Crippen LogP contribution in [-0.4, -0.2) is 6.04 Å². The van der Waals surface area contributed by atoms with Crippen molar-refractivity contribution in [3.63, 3.8) is 0 Å². The maximum Gasteiger partial charge on any atom is 0.0534 e. The van der Waals surface area contributed by atoms with E-state index in [1.807, 2.05) is 13.0 Å². The van der Waals surface area contributed by atoms with Gasteiger partial charge >= 0.3 is 0 Å². The summed E-state index contributed by atoms with van der Waals surface area (Å²) in [6.07, 6.45) is 22.7. The van der Waals surface area contributed by atoms with E-state index in [4.69, 9.17) is 0 Å². The molecule has 1 nitrogen and oxygen atoms in total. The number of hydrogen-bond acceptors (Lipinski definition) is 1. The summed E-state index contributed by atoms with van der Waals surface area (Å²) in [5, 5.41) is 0. The average Bonchev–Trinajstić information content (AvgIpc) is 2.93. The number of anilines is 1. The highest BCUT2D eigenvalue weighted by Crippen LogP contribution is 2.41.